The van der Waals surface area contributed by atoms with Gasteiger partial charge in [0.2, 0.25) is 5.91 Å². The molecule has 1 aromatic heterocycles. The number of nitrogens with zero attached hydrogens (tertiary/aromatic N) is 6. The number of aromatic nitrogens is 4. The van der Waals surface area contributed by atoms with Crippen LogP contribution < -0.4 is 0 Å². The van der Waals surface area contributed by atoms with Crippen LogP contribution in [0.3, 0.4) is 0 Å². The van der Waals surface area contributed by atoms with Gasteiger partial charge in [-0.2, -0.15) is 4.68 Å². The first-order chi connectivity index (χ1) is 17.2. The highest BCUT2D eigenvalue weighted by Gasteiger charge is 2.26. The summed E-state index contributed by atoms with van der Waals surface area (Å²) in [5.74, 6) is 0.495. The first-order valence-electron chi connectivity index (χ1n) is 11.8. The van der Waals surface area contributed by atoms with Crippen LogP contribution in [-0.2, 0) is 11.3 Å². The van der Waals surface area contributed by atoms with Crippen LogP contribution in [0.2, 0.25) is 0 Å². The van der Waals surface area contributed by atoms with E-state index in [9.17, 15) is 9.18 Å². The fourth-order valence-electron chi connectivity index (χ4n) is 4.57. The number of benzene rings is 3. The molecule has 35 heavy (non-hydrogen) atoms. The van der Waals surface area contributed by atoms with E-state index in [0.29, 0.717) is 37.6 Å². The van der Waals surface area contributed by atoms with Crippen molar-refractivity contribution in [2.45, 2.75) is 18.9 Å². The van der Waals surface area contributed by atoms with Gasteiger partial charge in [-0.1, -0.05) is 66.7 Å². The molecule has 0 unspecified atom stereocenters. The zero-order valence-electron chi connectivity index (χ0n) is 19.4. The molecule has 1 fully saturated rings. The minimum atomic E-state index is -0.333. The molecule has 4 aromatic rings. The highest BCUT2D eigenvalue weighted by Crippen LogP contribution is 2.29. The fraction of sp³-hybridized carbons (Fsp3) is 0.259. The highest BCUT2D eigenvalue weighted by atomic mass is 19.1. The van der Waals surface area contributed by atoms with Gasteiger partial charge in [0.05, 0.1) is 12.2 Å². The minimum Gasteiger partial charge on any atom is -0.340 e. The van der Waals surface area contributed by atoms with Crippen molar-refractivity contribution in [1.29, 1.82) is 0 Å². The first kappa shape index (κ1) is 22.9. The van der Waals surface area contributed by atoms with Gasteiger partial charge in [-0.05, 0) is 39.8 Å². The zero-order chi connectivity index (χ0) is 24.0. The van der Waals surface area contributed by atoms with Crippen molar-refractivity contribution in [3.05, 3.63) is 108 Å². The summed E-state index contributed by atoms with van der Waals surface area (Å²) in [4.78, 5) is 17.5. The van der Waals surface area contributed by atoms with Crippen LogP contribution in [0, 0.1) is 5.82 Å². The Kier molecular flexibility index (Phi) is 6.90. The van der Waals surface area contributed by atoms with E-state index >= 15 is 0 Å². The van der Waals surface area contributed by atoms with Crippen LogP contribution in [0.15, 0.2) is 84.9 Å². The van der Waals surface area contributed by atoms with Crippen LogP contribution in [0.4, 0.5) is 4.39 Å². The molecule has 178 valence electrons. The van der Waals surface area contributed by atoms with Gasteiger partial charge in [0, 0.05) is 38.5 Å². The summed E-state index contributed by atoms with van der Waals surface area (Å²) in [6, 6.07) is 26.6. The van der Waals surface area contributed by atoms with Crippen LogP contribution in [0.1, 0.15) is 29.3 Å². The van der Waals surface area contributed by atoms with Crippen LogP contribution in [0.25, 0.3) is 5.69 Å². The van der Waals surface area contributed by atoms with Crippen molar-refractivity contribution in [3.63, 3.8) is 0 Å². The Hall–Kier alpha value is -3.91. The fourth-order valence-corrected chi connectivity index (χ4v) is 4.57. The number of halogens is 1. The van der Waals surface area contributed by atoms with Crippen molar-refractivity contribution in [2.24, 2.45) is 0 Å². The summed E-state index contributed by atoms with van der Waals surface area (Å²) in [6.45, 7) is 3.28. The Morgan fingerprint density at radius 1 is 0.857 bits per heavy atom. The van der Waals surface area contributed by atoms with Gasteiger partial charge < -0.3 is 4.90 Å². The molecule has 0 N–H and O–H groups in total. The zero-order valence-corrected chi connectivity index (χ0v) is 19.4. The Morgan fingerprint density at radius 3 is 2.14 bits per heavy atom. The van der Waals surface area contributed by atoms with Crippen LogP contribution in [0.5, 0.6) is 0 Å². The lowest BCUT2D eigenvalue weighted by Gasteiger charge is -2.35. The molecule has 8 heteroatoms. The van der Waals surface area contributed by atoms with Gasteiger partial charge in [0.25, 0.3) is 0 Å². The molecule has 3 aromatic carbocycles. The number of hydrogen-bond acceptors (Lipinski definition) is 5. The second-order valence-electron chi connectivity index (χ2n) is 8.72. The van der Waals surface area contributed by atoms with E-state index in [2.05, 4.69) is 44.7 Å². The van der Waals surface area contributed by atoms with Crippen molar-refractivity contribution in [1.82, 2.24) is 30.0 Å². The van der Waals surface area contributed by atoms with Gasteiger partial charge >= 0.3 is 0 Å². The Balaban J connectivity index is 1.21. The maximum atomic E-state index is 13.6. The molecular weight excluding hydrogens is 443 g/mol. The molecule has 0 atom stereocenters. The van der Waals surface area contributed by atoms with Gasteiger partial charge in [-0.25, -0.2) is 4.39 Å². The lowest BCUT2D eigenvalue weighted by atomic mass is 9.88. The van der Waals surface area contributed by atoms with Crippen molar-refractivity contribution in [2.75, 3.05) is 26.2 Å². The number of piperazine rings is 1. The quantitative estimate of drug-likeness (QED) is 0.412. The predicted octanol–water partition coefficient (Wildman–Crippen LogP) is 3.67. The summed E-state index contributed by atoms with van der Waals surface area (Å²) >= 11 is 0. The normalized spacial score (nSPS) is 14.4. The number of carbonyl (C=O) groups is 1. The molecule has 0 bridgehead atoms. The monoisotopic (exact) mass is 470 g/mol. The van der Waals surface area contributed by atoms with E-state index in [1.54, 1.807) is 16.8 Å². The third-order valence-corrected chi connectivity index (χ3v) is 6.46. The number of tetrazole rings is 1. The molecule has 1 aliphatic heterocycles. The molecule has 7 nitrogen and oxygen atoms in total. The molecule has 0 radical (unpaired) electrons. The van der Waals surface area contributed by atoms with E-state index in [0.717, 1.165) is 24.2 Å². The molecule has 5 rings (SSSR count). The number of rotatable bonds is 7. The number of amides is 1. The van der Waals surface area contributed by atoms with Gasteiger partial charge in [-0.3, -0.25) is 9.69 Å². The van der Waals surface area contributed by atoms with Crippen molar-refractivity contribution < 1.29 is 9.18 Å². The molecule has 0 aliphatic carbocycles. The second-order valence-corrected chi connectivity index (χ2v) is 8.72. The third-order valence-electron chi connectivity index (χ3n) is 6.46. The van der Waals surface area contributed by atoms with E-state index in [4.69, 9.17) is 0 Å². The average molecular weight is 471 g/mol. The van der Waals surface area contributed by atoms with Crippen LogP contribution >= 0.6 is 0 Å². The largest absolute Gasteiger partial charge is 0.340 e. The van der Waals surface area contributed by atoms with Gasteiger partial charge in [-0.15, -0.1) is 5.10 Å². The summed E-state index contributed by atoms with van der Waals surface area (Å²) in [6.07, 6.45) is 0.436. The Morgan fingerprint density at radius 2 is 1.51 bits per heavy atom. The van der Waals surface area contributed by atoms with Gasteiger partial charge in [0.1, 0.15) is 5.82 Å². The molecule has 1 saturated heterocycles. The number of carbonyl (C=O) groups excluding carboxylic acids is 1. The Bertz CT molecular complexity index is 1220. The predicted molar refractivity (Wildman–Crippen MR) is 130 cm³/mol. The second kappa shape index (κ2) is 10.6. The Labute approximate surface area is 203 Å². The lowest BCUT2D eigenvalue weighted by Crippen LogP contribution is -2.48. The molecular formula is C27H27FN6O. The lowest BCUT2D eigenvalue weighted by molar-refractivity contribution is -0.133. The highest BCUT2D eigenvalue weighted by molar-refractivity contribution is 5.78. The van der Waals surface area contributed by atoms with E-state index in [-0.39, 0.29) is 17.6 Å². The minimum absolute atomic E-state index is 0.0267. The SMILES string of the molecule is O=C(CC(c1ccccc1)c1ccccc1)N1CCN(Cc2nnnn2-c2cccc(F)c2)CC1. The standard InChI is InChI=1S/C27H27FN6O/c28-23-12-7-13-24(18-23)34-26(29-30-31-34)20-32-14-16-33(17-15-32)27(35)19-25(21-8-3-1-4-9-21)22-10-5-2-6-11-22/h1-13,18,25H,14-17,19-20H2. The summed E-state index contributed by atoms with van der Waals surface area (Å²) in [5, 5.41) is 11.9. The number of hydrogen-bond donors (Lipinski definition) is 0. The topological polar surface area (TPSA) is 67.2 Å². The third kappa shape index (κ3) is 5.44. The van der Waals surface area contributed by atoms with Crippen molar-refractivity contribution >= 4 is 5.91 Å². The van der Waals surface area contributed by atoms with E-state index < -0.39 is 0 Å². The maximum Gasteiger partial charge on any atom is 0.223 e. The average Bonchev–Trinajstić information content (AvgIpc) is 3.37. The van der Waals surface area contributed by atoms with E-state index in [1.807, 2.05) is 41.3 Å². The van der Waals surface area contributed by atoms with Crippen molar-refractivity contribution in [3.8, 4) is 5.69 Å². The molecule has 0 saturated carbocycles. The molecule has 1 amide bonds. The van der Waals surface area contributed by atoms with Gasteiger partial charge in [0.15, 0.2) is 5.82 Å². The summed E-state index contributed by atoms with van der Waals surface area (Å²) in [7, 11) is 0. The molecule has 1 aliphatic rings. The van der Waals surface area contributed by atoms with Crippen LogP contribution in [-0.4, -0.2) is 62.1 Å². The van der Waals surface area contributed by atoms with E-state index in [1.165, 1.54) is 12.1 Å². The smallest absolute Gasteiger partial charge is 0.223 e. The molecule has 0 spiro atoms. The summed E-state index contributed by atoms with van der Waals surface area (Å²) in [5.41, 5.74) is 2.89. The first-order valence-corrected chi connectivity index (χ1v) is 11.8. The maximum absolute atomic E-state index is 13.6. The molecule has 2 heterocycles. The summed E-state index contributed by atoms with van der Waals surface area (Å²) < 4.78 is 15.2.